The van der Waals surface area contributed by atoms with Gasteiger partial charge in [-0.05, 0) is 43.5 Å². The van der Waals surface area contributed by atoms with Crippen molar-refractivity contribution in [2.45, 2.75) is 162 Å². The van der Waals surface area contributed by atoms with Crippen molar-refractivity contribution in [2.75, 3.05) is 26.2 Å². The standard InChI is InChI=1S/C37H67N3O3.ClH/c1-4-7-10-11-12-13-14-15-16-17-18-19-20-21-22-27-36(39-33-41)35-26-24-23-25-34(35)32-43-37(42)38-28-31-40(29-8-5-2)30-9-6-3;/h23-26,33,36H,4-22,27-32H2,1-3H3,(H,38,42)(H,39,41);1H. The van der Waals surface area contributed by atoms with Gasteiger partial charge in [0.05, 0.1) is 6.04 Å². The molecule has 1 atom stereocenters. The van der Waals surface area contributed by atoms with E-state index in [0.29, 0.717) is 6.54 Å². The quantitative estimate of drug-likeness (QED) is 0.0650. The van der Waals surface area contributed by atoms with Crippen LogP contribution in [0.1, 0.15) is 166 Å². The number of ether oxygens (including phenoxy) is 1. The lowest BCUT2D eigenvalue weighted by atomic mass is 9.95. The molecule has 0 bridgehead atoms. The van der Waals surface area contributed by atoms with E-state index in [1.807, 2.05) is 24.3 Å². The highest BCUT2D eigenvalue weighted by molar-refractivity contribution is 5.85. The predicted octanol–water partition coefficient (Wildman–Crippen LogP) is 10.3. The second kappa shape index (κ2) is 31.2. The Kier molecular flexibility index (Phi) is 29.9. The second-order valence-corrected chi connectivity index (χ2v) is 12.3. The largest absolute Gasteiger partial charge is 0.445 e. The van der Waals surface area contributed by atoms with Crippen LogP contribution >= 0.6 is 12.4 Å². The highest BCUT2D eigenvalue weighted by Crippen LogP contribution is 2.24. The number of benzene rings is 1. The Labute approximate surface area is 277 Å². The maximum absolute atomic E-state index is 12.4. The summed E-state index contributed by atoms with van der Waals surface area (Å²) in [5, 5.41) is 5.93. The summed E-state index contributed by atoms with van der Waals surface area (Å²) in [6, 6.07) is 7.93. The van der Waals surface area contributed by atoms with Crippen LogP contribution in [0.25, 0.3) is 0 Å². The van der Waals surface area contributed by atoms with Gasteiger partial charge in [-0.25, -0.2) is 4.79 Å². The highest BCUT2D eigenvalue weighted by Gasteiger charge is 2.15. The summed E-state index contributed by atoms with van der Waals surface area (Å²) in [6.45, 7) is 10.5. The van der Waals surface area contributed by atoms with E-state index in [4.69, 9.17) is 4.74 Å². The van der Waals surface area contributed by atoms with Gasteiger partial charge in [0.1, 0.15) is 6.61 Å². The Morgan fingerprint density at radius 3 is 1.75 bits per heavy atom. The van der Waals surface area contributed by atoms with E-state index in [1.165, 1.54) is 116 Å². The first kappa shape index (κ1) is 42.2. The molecule has 2 N–H and O–H groups in total. The van der Waals surface area contributed by atoms with Gasteiger partial charge >= 0.3 is 6.09 Å². The molecule has 7 heteroatoms. The third-order valence-corrected chi connectivity index (χ3v) is 8.51. The van der Waals surface area contributed by atoms with Gasteiger partial charge in [-0.1, -0.05) is 154 Å². The minimum absolute atomic E-state index is 0. The zero-order chi connectivity index (χ0) is 31.2. The third kappa shape index (κ3) is 22.7. The summed E-state index contributed by atoms with van der Waals surface area (Å²) >= 11 is 0. The van der Waals surface area contributed by atoms with Crippen LogP contribution in [-0.4, -0.2) is 43.6 Å². The van der Waals surface area contributed by atoms with Crippen molar-refractivity contribution in [1.82, 2.24) is 15.5 Å². The van der Waals surface area contributed by atoms with Crippen LogP contribution < -0.4 is 10.6 Å². The van der Waals surface area contributed by atoms with E-state index >= 15 is 0 Å². The number of hydrogen-bond acceptors (Lipinski definition) is 4. The minimum Gasteiger partial charge on any atom is -0.445 e. The molecule has 6 nitrogen and oxygen atoms in total. The monoisotopic (exact) mass is 637 g/mol. The molecule has 0 aliphatic heterocycles. The van der Waals surface area contributed by atoms with Crippen molar-refractivity contribution in [1.29, 1.82) is 0 Å². The molecule has 2 amide bonds. The average Bonchev–Trinajstić information content (AvgIpc) is 3.02. The molecule has 1 aromatic rings. The Hall–Kier alpha value is -1.79. The lowest BCUT2D eigenvalue weighted by molar-refractivity contribution is -0.110. The summed E-state index contributed by atoms with van der Waals surface area (Å²) in [5.74, 6) is 0. The average molecular weight is 638 g/mol. The molecule has 0 aliphatic rings. The van der Waals surface area contributed by atoms with Crippen LogP contribution in [-0.2, 0) is 16.1 Å². The molecule has 0 saturated carbocycles. The molecule has 44 heavy (non-hydrogen) atoms. The van der Waals surface area contributed by atoms with Crippen LogP contribution in [0.4, 0.5) is 4.79 Å². The van der Waals surface area contributed by atoms with Gasteiger partial charge in [-0.3, -0.25) is 4.79 Å². The maximum Gasteiger partial charge on any atom is 0.407 e. The van der Waals surface area contributed by atoms with Crippen molar-refractivity contribution < 1.29 is 14.3 Å². The van der Waals surface area contributed by atoms with Crippen LogP contribution in [0, 0.1) is 0 Å². The number of nitrogens with zero attached hydrogens (tertiary/aromatic N) is 1. The number of carbonyl (C=O) groups excluding carboxylic acids is 2. The van der Waals surface area contributed by atoms with Crippen LogP contribution in [0.5, 0.6) is 0 Å². The SMILES string of the molecule is CCCCCCCCCCCCCCCCCC(NC=O)c1ccccc1COC(=O)NCCN(CCCC)CCCC.Cl. The highest BCUT2D eigenvalue weighted by atomic mass is 35.5. The number of unbranched alkanes of at least 4 members (excludes halogenated alkanes) is 16. The van der Waals surface area contributed by atoms with Crippen LogP contribution in [0.2, 0.25) is 0 Å². The number of nitrogens with one attached hydrogen (secondary N) is 2. The van der Waals surface area contributed by atoms with E-state index in [0.717, 1.165) is 50.0 Å². The molecule has 0 spiro atoms. The molecule has 0 saturated heterocycles. The second-order valence-electron chi connectivity index (χ2n) is 12.3. The Bertz CT molecular complexity index is 787. The lowest BCUT2D eigenvalue weighted by Crippen LogP contribution is -2.36. The number of carbonyl (C=O) groups is 2. The zero-order valence-electron chi connectivity index (χ0n) is 28.7. The minimum atomic E-state index is -0.386. The first-order valence-electron chi connectivity index (χ1n) is 18.1. The number of hydrogen-bond donors (Lipinski definition) is 2. The Morgan fingerprint density at radius 2 is 1.23 bits per heavy atom. The van der Waals surface area contributed by atoms with Crippen molar-refractivity contribution in [2.24, 2.45) is 0 Å². The Morgan fingerprint density at radius 1 is 0.727 bits per heavy atom. The normalized spacial score (nSPS) is 11.6. The molecular weight excluding hydrogens is 570 g/mol. The van der Waals surface area contributed by atoms with Crippen LogP contribution in [0.15, 0.2) is 24.3 Å². The molecule has 0 fully saturated rings. The number of rotatable bonds is 30. The van der Waals surface area contributed by atoms with E-state index in [9.17, 15) is 9.59 Å². The summed E-state index contributed by atoms with van der Waals surface area (Å²) in [5.41, 5.74) is 1.99. The van der Waals surface area contributed by atoms with E-state index in [1.54, 1.807) is 0 Å². The van der Waals surface area contributed by atoms with Crippen molar-refractivity contribution in [3.8, 4) is 0 Å². The molecule has 0 aromatic heterocycles. The van der Waals surface area contributed by atoms with Gasteiger partial charge in [0.15, 0.2) is 0 Å². The van der Waals surface area contributed by atoms with Crippen LogP contribution in [0.3, 0.4) is 0 Å². The van der Waals surface area contributed by atoms with Crippen molar-refractivity contribution >= 4 is 24.9 Å². The van der Waals surface area contributed by atoms with Gasteiger partial charge in [0.2, 0.25) is 6.41 Å². The first-order chi connectivity index (χ1) is 21.2. The molecule has 0 aliphatic carbocycles. The molecule has 1 aromatic carbocycles. The summed E-state index contributed by atoms with van der Waals surface area (Å²) in [4.78, 5) is 26.3. The molecule has 1 rings (SSSR count). The van der Waals surface area contributed by atoms with Gasteiger partial charge in [0.25, 0.3) is 0 Å². The number of alkyl carbamates (subject to hydrolysis) is 1. The number of amides is 2. The topological polar surface area (TPSA) is 70.7 Å². The fraction of sp³-hybridized carbons (Fsp3) is 0.784. The van der Waals surface area contributed by atoms with E-state index in [2.05, 4.69) is 36.3 Å². The van der Waals surface area contributed by atoms with Crippen molar-refractivity contribution in [3.05, 3.63) is 35.4 Å². The molecule has 0 heterocycles. The van der Waals surface area contributed by atoms with Gasteiger partial charge in [-0.15, -0.1) is 12.4 Å². The summed E-state index contributed by atoms with van der Waals surface area (Å²) in [7, 11) is 0. The summed E-state index contributed by atoms with van der Waals surface area (Å²) < 4.78 is 5.59. The smallest absolute Gasteiger partial charge is 0.407 e. The third-order valence-electron chi connectivity index (χ3n) is 8.51. The van der Waals surface area contributed by atoms with Gasteiger partial charge in [-0.2, -0.15) is 0 Å². The number of halogens is 1. The van der Waals surface area contributed by atoms with Crippen molar-refractivity contribution in [3.63, 3.8) is 0 Å². The molecule has 0 radical (unpaired) electrons. The van der Waals surface area contributed by atoms with Gasteiger partial charge in [0, 0.05) is 13.1 Å². The fourth-order valence-electron chi connectivity index (χ4n) is 5.75. The predicted molar refractivity (Wildman–Crippen MR) is 190 cm³/mol. The molecule has 256 valence electrons. The first-order valence-corrected chi connectivity index (χ1v) is 18.1. The van der Waals surface area contributed by atoms with Gasteiger partial charge < -0.3 is 20.3 Å². The van der Waals surface area contributed by atoms with E-state index in [-0.39, 0.29) is 31.1 Å². The maximum atomic E-state index is 12.4. The molecular formula is C37H68ClN3O3. The summed E-state index contributed by atoms with van der Waals surface area (Å²) in [6.07, 6.45) is 26.1. The lowest BCUT2D eigenvalue weighted by Gasteiger charge is -2.22. The molecule has 1 unspecified atom stereocenters. The zero-order valence-corrected chi connectivity index (χ0v) is 29.5. The van der Waals surface area contributed by atoms with E-state index < -0.39 is 0 Å². The Balaban J connectivity index is 0.0000185. The fourth-order valence-corrected chi connectivity index (χ4v) is 5.75.